The molecule has 2 aromatic carbocycles. The molecule has 37 heavy (non-hydrogen) atoms. The number of ether oxygens (including phenoxy) is 3. The van der Waals surface area contributed by atoms with E-state index in [9.17, 15) is 0 Å². The number of nitrogens with zero attached hydrogens (tertiary/aromatic N) is 4. The Morgan fingerprint density at radius 3 is 2.70 bits per heavy atom. The van der Waals surface area contributed by atoms with Crippen LogP contribution in [-0.2, 0) is 6.61 Å². The van der Waals surface area contributed by atoms with Crippen LogP contribution in [0.1, 0.15) is 11.3 Å². The van der Waals surface area contributed by atoms with Crippen molar-refractivity contribution < 1.29 is 18.6 Å². The van der Waals surface area contributed by atoms with Crippen LogP contribution >= 0.6 is 38.6 Å². The Labute approximate surface area is 227 Å². The summed E-state index contributed by atoms with van der Waals surface area (Å²) in [6, 6.07) is 11.7. The highest BCUT2D eigenvalue weighted by molar-refractivity contribution is 9.10. The first-order chi connectivity index (χ1) is 17.9. The highest BCUT2D eigenvalue weighted by Gasteiger charge is 2.19. The molecule has 6 rings (SSSR count). The molecule has 0 radical (unpaired) electrons. The highest BCUT2D eigenvalue weighted by Crippen LogP contribution is 2.39. The molecular weight excluding hydrogens is 578 g/mol. The lowest BCUT2D eigenvalue weighted by atomic mass is 10.1. The standard InChI is InChI=1S/C25H20BrN5O4S2/c1-12-6-13(26)4-5-15(12)22-18(28-23(27)36-22)11-34-19-7-14(32-2)8-20-16(19)9-21(35-20)17-10-31-24(29-17)37-25(30-31)33-3/h4-10H,11H2,1-3H3,(H2,27,28). The zero-order valence-electron chi connectivity index (χ0n) is 19.9. The predicted molar refractivity (Wildman–Crippen MR) is 148 cm³/mol. The number of fused-ring (bicyclic) bond motifs is 2. The van der Waals surface area contributed by atoms with Crippen molar-refractivity contribution in [3.63, 3.8) is 0 Å². The second-order valence-electron chi connectivity index (χ2n) is 8.15. The molecule has 6 aromatic rings. The fourth-order valence-corrected chi connectivity index (χ4v) is 6.14. The lowest BCUT2D eigenvalue weighted by Gasteiger charge is -2.10. The summed E-state index contributed by atoms with van der Waals surface area (Å²) < 4.78 is 25.8. The lowest BCUT2D eigenvalue weighted by molar-refractivity contribution is 0.304. The predicted octanol–water partition coefficient (Wildman–Crippen LogP) is 6.58. The van der Waals surface area contributed by atoms with E-state index < -0.39 is 0 Å². The van der Waals surface area contributed by atoms with Gasteiger partial charge in [0.15, 0.2) is 10.9 Å². The van der Waals surface area contributed by atoms with E-state index in [1.54, 1.807) is 24.9 Å². The monoisotopic (exact) mass is 597 g/mol. The van der Waals surface area contributed by atoms with Gasteiger partial charge in [-0.3, -0.25) is 0 Å². The number of hydrogen-bond acceptors (Lipinski definition) is 10. The van der Waals surface area contributed by atoms with Crippen molar-refractivity contribution in [1.29, 1.82) is 0 Å². The second kappa shape index (κ2) is 9.36. The van der Waals surface area contributed by atoms with Gasteiger partial charge in [0.1, 0.15) is 29.4 Å². The van der Waals surface area contributed by atoms with Gasteiger partial charge in [-0.2, -0.15) is 0 Å². The van der Waals surface area contributed by atoms with Crippen molar-refractivity contribution in [3.05, 3.63) is 58.3 Å². The van der Waals surface area contributed by atoms with E-state index in [0.717, 1.165) is 31.6 Å². The molecular formula is C25H20BrN5O4S2. The first kappa shape index (κ1) is 23.8. The molecule has 0 bridgehead atoms. The van der Waals surface area contributed by atoms with Gasteiger partial charge in [0.05, 0.1) is 36.4 Å². The molecule has 0 saturated heterocycles. The van der Waals surface area contributed by atoms with Crippen LogP contribution in [0.2, 0.25) is 0 Å². The molecule has 4 heterocycles. The molecule has 0 aliphatic heterocycles. The van der Waals surface area contributed by atoms with Crippen molar-refractivity contribution in [2.75, 3.05) is 20.0 Å². The van der Waals surface area contributed by atoms with E-state index in [1.807, 2.05) is 24.3 Å². The number of benzene rings is 2. The number of imidazole rings is 1. The maximum Gasteiger partial charge on any atom is 0.294 e. The van der Waals surface area contributed by atoms with Gasteiger partial charge in [0, 0.05) is 16.6 Å². The number of methoxy groups -OCH3 is 2. The number of halogens is 1. The van der Waals surface area contributed by atoms with Crippen molar-refractivity contribution >= 4 is 59.7 Å². The van der Waals surface area contributed by atoms with Gasteiger partial charge in [-0.15, -0.1) is 5.10 Å². The van der Waals surface area contributed by atoms with Crippen LogP contribution in [0, 0.1) is 6.92 Å². The molecule has 0 fully saturated rings. The number of aromatic nitrogens is 4. The number of thiazole rings is 1. The largest absolute Gasteiger partial charge is 0.496 e. The first-order valence-corrected chi connectivity index (χ1v) is 13.5. The quantitative estimate of drug-likeness (QED) is 0.220. The molecule has 0 unspecified atom stereocenters. The Hall–Kier alpha value is -3.61. The van der Waals surface area contributed by atoms with Crippen molar-refractivity contribution in [2.45, 2.75) is 13.5 Å². The number of nitrogen functional groups attached to an aromatic ring is 1. The van der Waals surface area contributed by atoms with Crippen LogP contribution < -0.4 is 19.9 Å². The summed E-state index contributed by atoms with van der Waals surface area (Å²) in [5.74, 6) is 1.81. The summed E-state index contributed by atoms with van der Waals surface area (Å²) in [6.07, 6.45) is 1.80. The maximum absolute atomic E-state index is 6.30. The molecule has 0 spiro atoms. The fourth-order valence-electron chi connectivity index (χ4n) is 4.04. The van der Waals surface area contributed by atoms with Crippen LogP contribution in [0.25, 0.3) is 37.8 Å². The summed E-state index contributed by atoms with van der Waals surface area (Å²) in [5.41, 5.74) is 10.3. The van der Waals surface area contributed by atoms with Gasteiger partial charge >= 0.3 is 0 Å². The third-order valence-corrected chi connectivity index (χ3v) is 8.11. The Morgan fingerprint density at radius 1 is 1.08 bits per heavy atom. The van der Waals surface area contributed by atoms with Crippen molar-refractivity contribution in [3.8, 4) is 38.6 Å². The molecule has 0 aliphatic carbocycles. The summed E-state index contributed by atoms with van der Waals surface area (Å²) in [7, 11) is 3.18. The average molecular weight is 599 g/mol. The normalized spacial score (nSPS) is 11.5. The molecule has 0 aliphatic rings. The van der Waals surface area contributed by atoms with Gasteiger partial charge in [0.2, 0.25) is 4.96 Å². The summed E-state index contributed by atoms with van der Waals surface area (Å²) in [4.78, 5) is 10.9. The van der Waals surface area contributed by atoms with Crippen molar-refractivity contribution in [1.82, 2.24) is 19.6 Å². The van der Waals surface area contributed by atoms with Crippen LogP contribution in [0.15, 0.2) is 51.5 Å². The number of aryl methyl sites for hydroxylation is 1. The average Bonchev–Trinajstić information content (AvgIpc) is 3.63. The SMILES string of the molecule is COc1cc(OCc2nc(N)sc2-c2ccc(Br)cc2C)c2cc(-c3cn4nc(OC)sc4n3)oc2c1. The molecule has 4 aromatic heterocycles. The minimum atomic E-state index is 0.227. The summed E-state index contributed by atoms with van der Waals surface area (Å²) >= 11 is 6.32. The molecule has 188 valence electrons. The van der Waals surface area contributed by atoms with Crippen LogP contribution in [-0.4, -0.2) is 33.8 Å². The first-order valence-electron chi connectivity index (χ1n) is 11.1. The minimum Gasteiger partial charge on any atom is -0.496 e. The zero-order chi connectivity index (χ0) is 25.7. The second-order valence-corrected chi connectivity index (χ2v) is 11.0. The van der Waals surface area contributed by atoms with Crippen molar-refractivity contribution in [2.24, 2.45) is 0 Å². The van der Waals surface area contributed by atoms with E-state index in [1.165, 1.54) is 22.7 Å². The van der Waals surface area contributed by atoms with Crippen LogP contribution in [0.5, 0.6) is 16.7 Å². The zero-order valence-corrected chi connectivity index (χ0v) is 23.2. The smallest absolute Gasteiger partial charge is 0.294 e. The highest BCUT2D eigenvalue weighted by atomic mass is 79.9. The number of rotatable bonds is 7. The lowest BCUT2D eigenvalue weighted by Crippen LogP contribution is -1.99. The molecule has 2 N–H and O–H groups in total. The van der Waals surface area contributed by atoms with Gasteiger partial charge in [-0.1, -0.05) is 33.3 Å². The maximum atomic E-state index is 6.30. The number of anilines is 1. The summed E-state index contributed by atoms with van der Waals surface area (Å²) in [5, 5.41) is 6.15. The molecule has 0 saturated carbocycles. The Balaban J connectivity index is 1.35. The Bertz CT molecular complexity index is 1740. The Morgan fingerprint density at radius 2 is 1.95 bits per heavy atom. The van der Waals surface area contributed by atoms with Gasteiger partial charge in [-0.25, -0.2) is 14.5 Å². The van der Waals surface area contributed by atoms with E-state index in [4.69, 9.17) is 24.4 Å². The van der Waals surface area contributed by atoms with E-state index in [2.05, 4.69) is 50.1 Å². The molecule has 9 nitrogen and oxygen atoms in total. The Kier molecular flexibility index (Phi) is 6.01. The third kappa shape index (κ3) is 4.41. The topological polar surface area (TPSA) is 110 Å². The molecule has 0 atom stereocenters. The molecule has 12 heteroatoms. The fraction of sp³-hybridized carbons (Fsp3) is 0.160. The number of furan rings is 1. The summed E-state index contributed by atoms with van der Waals surface area (Å²) in [6.45, 7) is 2.29. The van der Waals surface area contributed by atoms with E-state index in [0.29, 0.717) is 43.8 Å². The molecule has 0 amide bonds. The van der Waals surface area contributed by atoms with E-state index >= 15 is 0 Å². The van der Waals surface area contributed by atoms with Gasteiger partial charge in [0.25, 0.3) is 5.19 Å². The number of hydrogen-bond donors (Lipinski definition) is 1. The third-order valence-electron chi connectivity index (χ3n) is 5.77. The van der Waals surface area contributed by atoms with Crippen LogP contribution in [0.3, 0.4) is 0 Å². The number of nitrogens with two attached hydrogens (primary N) is 1. The van der Waals surface area contributed by atoms with Gasteiger partial charge in [-0.05, 0) is 47.6 Å². The van der Waals surface area contributed by atoms with Crippen LogP contribution in [0.4, 0.5) is 5.13 Å². The van der Waals surface area contributed by atoms with E-state index in [-0.39, 0.29) is 6.61 Å². The van der Waals surface area contributed by atoms with Gasteiger partial charge < -0.3 is 24.4 Å². The minimum absolute atomic E-state index is 0.227.